The minimum atomic E-state index is -3.42. The number of ether oxygens (including phenoxy) is 1. The first kappa shape index (κ1) is 15.2. The molecule has 3 fully saturated rings. The van der Waals surface area contributed by atoms with Crippen LogP contribution in [-0.2, 0) is 19.7 Å². The predicted octanol–water partition coefficient (Wildman–Crippen LogP) is -0.686. The van der Waals surface area contributed by atoms with Crippen molar-refractivity contribution in [3.63, 3.8) is 0 Å². The molecule has 2 aliphatic heterocycles. The molecule has 0 radical (unpaired) electrons. The Bertz CT molecular complexity index is 492. The van der Waals surface area contributed by atoms with Gasteiger partial charge in [0.15, 0.2) is 0 Å². The van der Waals surface area contributed by atoms with Crippen LogP contribution in [-0.4, -0.2) is 57.5 Å². The second-order valence-electron chi connectivity index (χ2n) is 6.06. The smallest absolute Gasteiger partial charge is 0.309 e. The summed E-state index contributed by atoms with van der Waals surface area (Å²) in [4.78, 5) is 11.7. The standard InChI is InChI=1S/C13H23N3O4S/c1-2-20-13(17)9-3-5-16(6-4-9)21(18,19)15-12-10-7-14-8-11(10)12/h9-12,14-15H,2-8H2,1H3. The molecule has 2 saturated heterocycles. The number of nitrogens with zero attached hydrogens (tertiary/aromatic N) is 1. The fourth-order valence-electron chi connectivity index (χ4n) is 3.43. The van der Waals surface area contributed by atoms with Crippen LogP contribution in [0.25, 0.3) is 0 Å². The topological polar surface area (TPSA) is 87.7 Å². The number of nitrogens with one attached hydrogen (secondary N) is 2. The molecule has 2 N–H and O–H groups in total. The fraction of sp³-hybridized carbons (Fsp3) is 0.923. The summed E-state index contributed by atoms with van der Waals surface area (Å²) in [6.45, 7) is 4.74. The first-order valence-corrected chi connectivity index (χ1v) is 9.11. The Hall–Kier alpha value is -0.700. The third-order valence-corrected chi connectivity index (χ3v) is 6.41. The number of fused-ring (bicyclic) bond motifs is 1. The number of piperidine rings is 2. The van der Waals surface area contributed by atoms with E-state index in [-0.39, 0.29) is 17.9 Å². The normalized spacial score (nSPS) is 33.7. The van der Waals surface area contributed by atoms with Crippen LogP contribution in [0.4, 0.5) is 0 Å². The van der Waals surface area contributed by atoms with Crippen molar-refractivity contribution in [2.75, 3.05) is 32.8 Å². The molecule has 0 aromatic heterocycles. The molecule has 0 spiro atoms. The highest BCUT2D eigenvalue weighted by molar-refractivity contribution is 7.87. The predicted molar refractivity (Wildman–Crippen MR) is 76.6 cm³/mol. The summed E-state index contributed by atoms with van der Waals surface area (Å²) in [5, 5.41) is 3.25. The molecule has 2 heterocycles. The summed E-state index contributed by atoms with van der Waals surface area (Å²) in [7, 11) is -3.42. The second-order valence-corrected chi connectivity index (χ2v) is 7.76. The number of esters is 1. The van der Waals surface area contributed by atoms with Crippen LogP contribution in [0.1, 0.15) is 19.8 Å². The monoisotopic (exact) mass is 317 g/mol. The second kappa shape index (κ2) is 5.83. The lowest BCUT2D eigenvalue weighted by atomic mass is 9.98. The maximum atomic E-state index is 12.3. The van der Waals surface area contributed by atoms with Crippen molar-refractivity contribution in [3.8, 4) is 0 Å². The van der Waals surface area contributed by atoms with Crippen LogP contribution in [0.2, 0.25) is 0 Å². The Morgan fingerprint density at radius 1 is 1.29 bits per heavy atom. The van der Waals surface area contributed by atoms with Crippen molar-refractivity contribution in [1.82, 2.24) is 14.3 Å². The van der Waals surface area contributed by atoms with Gasteiger partial charge in [0.2, 0.25) is 0 Å². The van der Waals surface area contributed by atoms with Crippen molar-refractivity contribution in [3.05, 3.63) is 0 Å². The van der Waals surface area contributed by atoms with Crippen LogP contribution >= 0.6 is 0 Å². The van der Waals surface area contributed by atoms with Gasteiger partial charge in [0.1, 0.15) is 0 Å². The molecule has 120 valence electrons. The largest absolute Gasteiger partial charge is 0.466 e. The molecule has 0 aromatic carbocycles. The van der Waals surface area contributed by atoms with Gasteiger partial charge in [0, 0.05) is 19.1 Å². The molecule has 2 atom stereocenters. The van der Waals surface area contributed by atoms with Crippen LogP contribution in [0.5, 0.6) is 0 Å². The Balaban J connectivity index is 1.50. The zero-order chi connectivity index (χ0) is 15.0. The molecule has 2 unspecified atom stereocenters. The van der Waals surface area contributed by atoms with E-state index in [1.54, 1.807) is 6.92 Å². The van der Waals surface area contributed by atoms with Gasteiger partial charge in [-0.1, -0.05) is 0 Å². The zero-order valence-corrected chi connectivity index (χ0v) is 13.1. The van der Waals surface area contributed by atoms with E-state index in [2.05, 4.69) is 10.0 Å². The van der Waals surface area contributed by atoms with Gasteiger partial charge in [-0.05, 0) is 44.7 Å². The van der Waals surface area contributed by atoms with Gasteiger partial charge in [0.25, 0.3) is 10.2 Å². The Morgan fingerprint density at radius 3 is 2.48 bits per heavy atom. The van der Waals surface area contributed by atoms with E-state index in [9.17, 15) is 13.2 Å². The molecule has 0 aromatic rings. The third kappa shape index (κ3) is 3.08. The summed E-state index contributed by atoms with van der Waals surface area (Å²) in [6.07, 6.45) is 1.08. The maximum Gasteiger partial charge on any atom is 0.309 e. The average Bonchev–Trinajstić information content (AvgIpc) is 2.89. The number of carbonyl (C=O) groups excluding carboxylic acids is 1. The van der Waals surface area contributed by atoms with Crippen LogP contribution in [0.15, 0.2) is 0 Å². The van der Waals surface area contributed by atoms with E-state index in [0.717, 1.165) is 13.1 Å². The van der Waals surface area contributed by atoms with E-state index in [1.807, 2.05) is 0 Å². The van der Waals surface area contributed by atoms with Gasteiger partial charge >= 0.3 is 5.97 Å². The molecular weight excluding hydrogens is 294 g/mol. The van der Waals surface area contributed by atoms with Crippen molar-refractivity contribution in [1.29, 1.82) is 0 Å². The Morgan fingerprint density at radius 2 is 1.90 bits per heavy atom. The highest BCUT2D eigenvalue weighted by Gasteiger charge is 2.55. The minimum Gasteiger partial charge on any atom is -0.466 e. The van der Waals surface area contributed by atoms with Gasteiger partial charge in [-0.25, -0.2) is 0 Å². The number of hydrogen-bond donors (Lipinski definition) is 2. The lowest BCUT2D eigenvalue weighted by Crippen LogP contribution is -2.47. The molecular formula is C13H23N3O4S. The van der Waals surface area contributed by atoms with E-state index < -0.39 is 10.2 Å². The van der Waals surface area contributed by atoms with Crippen molar-refractivity contribution < 1.29 is 17.9 Å². The molecule has 0 amide bonds. The molecule has 0 bridgehead atoms. The van der Waals surface area contributed by atoms with Crippen LogP contribution in [0.3, 0.4) is 0 Å². The van der Waals surface area contributed by atoms with Gasteiger partial charge in [-0.15, -0.1) is 0 Å². The van der Waals surface area contributed by atoms with Gasteiger partial charge in [-0.2, -0.15) is 17.4 Å². The summed E-state index contributed by atoms with van der Waals surface area (Å²) >= 11 is 0. The van der Waals surface area contributed by atoms with Crippen LogP contribution < -0.4 is 10.0 Å². The van der Waals surface area contributed by atoms with Gasteiger partial charge < -0.3 is 10.1 Å². The summed E-state index contributed by atoms with van der Waals surface area (Å²) < 4.78 is 34.0. The Labute approximate surface area is 125 Å². The van der Waals surface area contributed by atoms with Crippen LogP contribution in [0, 0.1) is 17.8 Å². The summed E-state index contributed by atoms with van der Waals surface area (Å²) in [6, 6.07) is 0.0963. The van der Waals surface area contributed by atoms with Gasteiger partial charge in [-0.3, -0.25) is 4.79 Å². The number of rotatable bonds is 5. The van der Waals surface area contributed by atoms with Gasteiger partial charge in [0.05, 0.1) is 12.5 Å². The van der Waals surface area contributed by atoms with Crippen molar-refractivity contribution in [2.24, 2.45) is 17.8 Å². The molecule has 1 saturated carbocycles. The highest BCUT2D eigenvalue weighted by atomic mass is 32.2. The first-order valence-electron chi connectivity index (χ1n) is 7.67. The summed E-state index contributed by atoms with van der Waals surface area (Å²) in [5.74, 6) is 0.542. The third-order valence-electron chi connectivity index (χ3n) is 4.79. The molecule has 21 heavy (non-hydrogen) atoms. The molecule has 3 rings (SSSR count). The van der Waals surface area contributed by atoms with Crippen molar-refractivity contribution >= 4 is 16.2 Å². The van der Waals surface area contributed by atoms with Crippen molar-refractivity contribution in [2.45, 2.75) is 25.8 Å². The number of hydrogen-bond acceptors (Lipinski definition) is 5. The Kier molecular flexibility index (Phi) is 4.22. The maximum absolute atomic E-state index is 12.3. The minimum absolute atomic E-state index is 0.0963. The van der Waals surface area contributed by atoms with E-state index >= 15 is 0 Å². The lowest BCUT2D eigenvalue weighted by molar-refractivity contribution is -0.149. The zero-order valence-electron chi connectivity index (χ0n) is 12.2. The SMILES string of the molecule is CCOC(=O)C1CCN(S(=O)(=O)NC2C3CNCC32)CC1. The van der Waals surface area contributed by atoms with E-state index in [0.29, 0.717) is 44.4 Å². The number of carbonyl (C=O) groups is 1. The molecule has 1 aliphatic carbocycles. The summed E-state index contributed by atoms with van der Waals surface area (Å²) in [5.41, 5.74) is 0. The molecule has 8 heteroatoms. The first-order chi connectivity index (χ1) is 10.0. The van der Waals surface area contributed by atoms with E-state index in [1.165, 1.54) is 4.31 Å². The molecule has 7 nitrogen and oxygen atoms in total. The molecule has 3 aliphatic rings. The quantitative estimate of drug-likeness (QED) is 0.656. The lowest BCUT2D eigenvalue weighted by Gasteiger charge is -2.30. The average molecular weight is 317 g/mol. The van der Waals surface area contributed by atoms with E-state index in [4.69, 9.17) is 4.74 Å². The fourth-order valence-corrected chi connectivity index (χ4v) is 4.97. The highest BCUT2D eigenvalue weighted by Crippen LogP contribution is 2.42.